The quantitative estimate of drug-likeness (QED) is 0.373. The van der Waals surface area contributed by atoms with Gasteiger partial charge in [0, 0.05) is 23.1 Å². The molecule has 2 heterocycles. The molecular weight excluding hydrogens is 425 g/mol. The lowest BCUT2D eigenvalue weighted by Crippen LogP contribution is -2.41. The average molecular weight is 439 g/mol. The van der Waals surface area contributed by atoms with Crippen LogP contribution in [0.3, 0.4) is 0 Å². The number of aromatic nitrogens is 2. The molecule has 0 saturated carbocycles. The van der Waals surface area contributed by atoms with Gasteiger partial charge in [0.2, 0.25) is 0 Å². The predicted octanol–water partition coefficient (Wildman–Crippen LogP) is 3.52. The molecule has 0 unspecified atom stereocenters. The highest BCUT2D eigenvalue weighted by Gasteiger charge is 2.18. The Balaban J connectivity index is 1.50. The number of thiophene rings is 1. The van der Waals surface area contributed by atoms with Crippen molar-refractivity contribution in [3.63, 3.8) is 0 Å². The SMILES string of the molecule is Cc1nn(-c2ccc(F)cc2)c2sc(C(=O)NNC(=O)c3ccc([N+](=O)[O-])cc3)cc12. The summed E-state index contributed by atoms with van der Waals surface area (Å²) in [5.74, 6) is -1.50. The van der Waals surface area contributed by atoms with E-state index < -0.39 is 16.7 Å². The fraction of sp³-hybridized carbons (Fsp3) is 0.0500. The minimum absolute atomic E-state index is 0.142. The fourth-order valence-corrected chi connectivity index (χ4v) is 3.98. The number of benzene rings is 2. The molecule has 2 aromatic heterocycles. The van der Waals surface area contributed by atoms with Gasteiger partial charge < -0.3 is 0 Å². The Hall–Kier alpha value is -4.12. The molecule has 0 fully saturated rings. The number of hydrazine groups is 1. The summed E-state index contributed by atoms with van der Waals surface area (Å²) in [6.07, 6.45) is 0. The average Bonchev–Trinajstić information content (AvgIpc) is 3.33. The van der Waals surface area contributed by atoms with Gasteiger partial charge >= 0.3 is 0 Å². The van der Waals surface area contributed by atoms with E-state index in [0.29, 0.717) is 21.1 Å². The molecule has 0 radical (unpaired) electrons. The second-order valence-corrected chi connectivity index (χ2v) is 7.55. The number of hydrogen-bond donors (Lipinski definition) is 2. The molecular formula is C20H14FN5O4S. The molecule has 2 N–H and O–H groups in total. The first-order valence-electron chi connectivity index (χ1n) is 8.94. The van der Waals surface area contributed by atoms with Crippen molar-refractivity contribution in [1.29, 1.82) is 0 Å². The van der Waals surface area contributed by atoms with Crippen LogP contribution in [0.25, 0.3) is 15.9 Å². The highest BCUT2D eigenvalue weighted by Crippen LogP contribution is 2.30. The van der Waals surface area contributed by atoms with Crippen LogP contribution in [-0.4, -0.2) is 26.5 Å². The molecule has 0 spiro atoms. The van der Waals surface area contributed by atoms with Crippen molar-refractivity contribution < 1.29 is 18.9 Å². The number of amides is 2. The molecule has 0 atom stereocenters. The maximum atomic E-state index is 13.2. The number of nitrogens with zero attached hydrogens (tertiary/aromatic N) is 3. The second kappa shape index (κ2) is 7.95. The Morgan fingerprint density at radius 2 is 1.71 bits per heavy atom. The monoisotopic (exact) mass is 439 g/mol. The topological polar surface area (TPSA) is 119 Å². The Kier molecular flexibility index (Phi) is 5.17. The van der Waals surface area contributed by atoms with Gasteiger partial charge in [0.25, 0.3) is 17.5 Å². The third kappa shape index (κ3) is 3.98. The number of nitro groups is 1. The summed E-state index contributed by atoms with van der Waals surface area (Å²) < 4.78 is 14.8. The normalized spacial score (nSPS) is 10.8. The zero-order chi connectivity index (χ0) is 22.1. The number of carbonyl (C=O) groups excluding carboxylic acids is 2. The third-order valence-electron chi connectivity index (χ3n) is 4.47. The van der Waals surface area contributed by atoms with Crippen LogP contribution in [0.1, 0.15) is 25.7 Å². The summed E-state index contributed by atoms with van der Waals surface area (Å²) >= 11 is 1.17. The maximum Gasteiger partial charge on any atom is 0.279 e. The van der Waals surface area contributed by atoms with Crippen LogP contribution in [0.2, 0.25) is 0 Å². The van der Waals surface area contributed by atoms with Crippen molar-refractivity contribution in [3.8, 4) is 5.69 Å². The number of carbonyl (C=O) groups is 2. The number of nitro benzene ring substituents is 1. The molecule has 11 heteroatoms. The zero-order valence-electron chi connectivity index (χ0n) is 16.0. The summed E-state index contributed by atoms with van der Waals surface area (Å²) in [5, 5.41) is 15.9. The van der Waals surface area contributed by atoms with Crippen LogP contribution in [0, 0.1) is 22.9 Å². The molecule has 0 aliphatic rings. The van der Waals surface area contributed by atoms with Crippen molar-refractivity contribution in [2.75, 3.05) is 0 Å². The first kappa shape index (κ1) is 20.2. The molecule has 156 valence electrons. The van der Waals surface area contributed by atoms with Gasteiger partial charge in [-0.25, -0.2) is 9.07 Å². The van der Waals surface area contributed by atoms with Gasteiger partial charge in [0.15, 0.2) is 0 Å². The van der Waals surface area contributed by atoms with Gasteiger partial charge in [-0.2, -0.15) is 5.10 Å². The van der Waals surface area contributed by atoms with Gasteiger partial charge in [-0.15, -0.1) is 11.3 Å². The van der Waals surface area contributed by atoms with Crippen LogP contribution in [0.4, 0.5) is 10.1 Å². The Morgan fingerprint density at radius 3 is 2.35 bits per heavy atom. The van der Waals surface area contributed by atoms with E-state index in [1.165, 1.54) is 47.7 Å². The molecule has 4 rings (SSSR count). The van der Waals surface area contributed by atoms with Crippen molar-refractivity contribution in [2.24, 2.45) is 0 Å². The van der Waals surface area contributed by atoms with Crippen molar-refractivity contribution in [2.45, 2.75) is 6.92 Å². The molecule has 0 bridgehead atoms. The molecule has 2 aromatic carbocycles. The van der Waals surface area contributed by atoms with Crippen LogP contribution in [0.15, 0.2) is 54.6 Å². The number of hydrogen-bond acceptors (Lipinski definition) is 6. The standard InChI is InChI=1S/C20H14FN5O4S/c1-11-16-10-17(31-20(16)25(24-11)14-8-4-13(21)5-9-14)19(28)23-22-18(27)12-2-6-15(7-3-12)26(29)30/h2-10H,1H3,(H,22,27)(H,23,28). The van der Waals surface area contributed by atoms with E-state index >= 15 is 0 Å². The van der Waals surface area contributed by atoms with E-state index in [1.807, 2.05) is 0 Å². The first-order valence-corrected chi connectivity index (χ1v) is 9.75. The van der Waals surface area contributed by atoms with Gasteiger partial charge in [0.1, 0.15) is 10.6 Å². The van der Waals surface area contributed by atoms with E-state index in [2.05, 4.69) is 16.0 Å². The van der Waals surface area contributed by atoms with E-state index in [-0.39, 0.29) is 17.1 Å². The van der Waals surface area contributed by atoms with Crippen LogP contribution < -0.4 is 10.9 Å². The summed E-state index contributed by atoms with van der Waals surface area (Å²) in [6.45, 7) is 1.80. The second-order valence-electron chi connectivity index (χ2n) is 6.52. The number of fused-ring (bicyclic) bond motifs is 1. The minimum Gasteiger partial charge on any atom is -0.267 e. The highest BCUT2D eigenvalue weighted by molar-refractivity contribution is 7.20. The number of halogens is 1. The smallest absolute Gasteiger partial charge is 0.267 e. The number of non-ortho nitro benzene ring substituents is 1. The summed E-state index contributed by atoms with van der Waals surface area (Å²) in [7, 11) is 0. The predicted molar refractivity (Wildman–Crippen MR) is 112 cm³/mol. The number of rotatable bonds is 4. The number of aryl methyl sites for hydroxylation is 1. The summed E-state index contributed by atoms with van der Waals surface area (Å²) in [6, 6.07) is 12.5. The molecule has 0 aliphatic heterocycles. The van der Waals surface area contributed by atoms with E-state index in [4.69, 9.17) is 0 Å². The minimum atomic E-state index is -0.613. The molecule has 2 amide bonds. The summed E-state index contributed by atoms with van der Waals surface area (Å²) in [5.41, 5.74) is 5.98. The third-order valence-corrected chi connectivity index (χ3v) is 5.58. The van der Waals surface area contributed by atoms with Gasteiger partial charge in [0.05, 0.1) is 21.2 Å². The van der Waals surface area contributed by atoms with Crippen molar-refractivity contribution >= 4 is 39.1 Å². The largest absolute Gasteiger partial charge is 0.279 e. The maximum absolute atomic E-state index is 13.2. The zero-order valence-corrected chi connectivity index (χ0v) is 16.8. The van der Waals surface area contributed by atoms with Crippen molar-refractivity contribution in [1.82, 2.24) is 20.6 Å². The lowest BCUT2D eigenvalue weighted by Gasteiger charge is -2.06. The van der Waals surface area contributed by atoms with E-state index in [9.17, 15) is 24.1 Å². The Morgan fingerprint density at radius 1 is 1.06 bits per heavy atom. The van der Waals surface area contributed by atoms with Gasteiger partial charge in [-0.1, -0.05) is 0 Å². The van der Waals surface area contributed by atoms with Crippen LogP contribution in [-0.2, 0) is 0 Å². The first-order chi connectivity index (χ1) is 14.8. The Labute approximate surface area is 178 Å². The van der Waals surface area contributed by atoms with Crippen LogP contribution >= 0.6 is 11.3 Å². The fourth-order valence-electron chi connectivity index (χ4n) is 2.90. The van der Waals surface area contributed by atoms with Gasteiger partial charge in [-0.3, -0.25) is 30.6 Å². The molecule has 0 saturated heterocycles. The van der Waals surface area contributed by atoms with E-state index in [1.54, 1.807) is 29.8 Å². The van der Waals surface area contributed by atoms with Crippen LogP contribution in [0.5, 0.6) is 0 Å². The lowest BCUT2D eigenvalue weighted by atomic mass is 10.2. The molecule has 31 heavy (non-hydrogen) atoms. The summed E-state index contributed by atoms with van der Waals surface area (Å²) in [4.78, 5) is 35.8. The molecule has 0 aliphatic carbocycles. The molecule has 4 aromatic rings. The highest BCUT2D eigenvalue weighted by atomic mass is 32.1. The lowest BCUT2D eigenvalue weighted by molar-refractivity contribution is -0.384. The van der Waals surface area contributed by atoms with Gasteiger partial charge in [-0.05, 0) is 49.4 Å². The molecule has 9 nitrogen and oxygen atoms in total. The Bertz CT molecular complexity index is 1310. The van der Waals surface area contributed by atoms with E-state index in [0.717, 1.165) is 5.39 Å². The number of nitrogens with one attached hydrogen (secondary N) is 2. The van der Waals surface area contributed by atoms with Crippen molar-refractivity contribution in [3.05, 3.63) is 86.7 Å².